The molecule has 1 aromatic rings. The standard InChI is InChI=1S/C11H14F3N3O5S/c12-11(13,14)21-4-3-19-10-17-16-8(23-10)7-2-1-6(5-20-7)22-9(15)18/h6-7H,1-5H2,(H2,15,18)/t6-,7+/m1/s1. The second kappa shape index (κ2) is 7.75. The summed E-state index contributed by atoms with van der Waals surface area (Å²) in [4.78, 5) is 10.6. The largest absolute Gasteiger partial charge is 0.522 e. The van der Waals surface area contributed by atoms with Crippen LogP contribution in [0.3, 0.4) is 0 Å². The van der Waals surface area contributed by atoms with E-state index in [1.807, 2.05) is 0 Å². The predicted molar refractivity (Wildman–Crippen MR) is 69.8 cm³/mol. The molecule has 1 aromatic heterocycles. The highest BCUT2D eigenvalue weighted by Gasteiger charge is 2.29. The van der Waals surface area contributed by atoms with Crippen LogP contribution in [-0.2, 0) is 14.2 Å². The monoisotopic (exact) mass is 357 g/mol. The molecule has 8 nitrogen and oxygen atoms in total. The van der Waals surface area contributed by atoms with Crippen molar-refractivity contribution in [3.05, 3.63) is 5.01 Å². The predicted octanol–water partition coefficient (Wildman–Crippen LogP) is 1.77. The zero-order chi connectivity index (χ0) is 16.9. The fourth-order valence-corrected chi connectivity index (χ4v) is 2.68. The Hall–Kier alpha value is -1.66. The Labute approximate surface area is 132 Å². The molecule has 2 N–H and O–H groups in total. The highest BCUT2D eigenvalue weighted by molar-refractivity contribution is 7.13. The molecule has 0 radical (unpaired) electrons. The summed E-state index contributed by atoms with van der Waals surface area (Å²) < 4.78 is 54.3. The number of halogens is 3. The Morgan fingerprint density at radius 1 is 1.35 bits per heavy atom. The number of hydrogen-bond acceptors (Lipinski definition) is 8. The maximum Gasteiger partial charge on any atom is 0.522 e. The molecule has 0 aliphatic carbocycles. The summed E-state index contributed by atoms with van der Waals surface area (Å²) in [6.07, 6.45) is -5.16. The van der Waals surface area contributed by atoms with E-state index in [0.717, 1.165) is 11.3 Å². The van der Waals surface area contributed by atoms with Crippen LogP contribution in [0.5, 0.6) is 5.19 Å². The third kappa shape index (κ3) is 6.15. The molecule has 0 spiro atoms. The second-order valence-electron chi connectivity index (χ2n) is 4.51. The number of ether oxygens (including phenoxy) is 4. The Morgan fingerprint density at radius 3 is 2.74 bits per heavy atom. The SMILES string of the molecule is NC(=O)O[C@@H]1CC[C@@H](c2nnc(OCCOC(F)(F)F)s2)OC1. The quantitative estimate of drug-likeness (QED) is 0.773. The van der Waals surface area contributed by atoms with Crippen molar-refractivity contribution in [3.63, 3.8) is 0 Å². The highest BCUT2D eigenvalue weighted by Crippen LogP contribution is 2.33. The van der Waals surface area contributed by atoms with Gasteiger partial charge in [0.25, 0.3) is 5.19 Å². The Kier molecular flexibility index (Phi) is 5.96. The fourth-order valence-electron chi connectivity index (χ4n) is 1.87. The van der Waals surface area contributed by atoms with Gasteiger partial charge in [-0.2, -0.15) is 0 Å². The van der Waals surface area contributed by atoms with E-state index in [0.29, 0.717) is 17.8 Å². The first-order valence-electron chi connectivity index (χ1n) is 6.58. The topological polar surface area (TPSA) is 106 Å². The molecule has 2 rings (SSSR count). The third-order valence-corrected chi connectivity index (χ3v) is 3.72. The molecule has 130 valence electrons. The number of carbonyl (C=O) groups is 1. The van der Waals surface area contributed by atoms with Crippen LogP contribution in [0, 0.1) is 0 Å². The van der Waals surface area contributed by atoms with Crippen molar-refractivity contribution in [3.8, 4) is 5.19 Å². The van der Waals surface area contributed by atoms with Gasteiger partial charge in [0.05, 0.1) is 13.2 Å². The maximum absolute atomic E-state index is 11.8. The number of hydrogen-bond donors (Lipinski definition) is 1. The van der Waals surface area contributed by atoms with Crippen LogP contribution < -0.4 is 10.5 Å². The molecule has 1 amide bonds. The van der Waals surface area contributed by atoms with Gasteiger partial charge in [-0.15, -0.1) is 18.3 Å². The number of amides is 1. The first-order valence-corrected chi connectivity index (χ1v) is 7.39. The first kappa shape index (κ1) is 17.7. The van der Waals surface area contributed by atoms with E-state index in [2.05, 4.69) is 14.9 Å². The normalized spacial score (nSPS) is 21.9. The zero-order valence-corrected chi connectivity index (χ0v) is 12.6. The molecule has 1 aliphatic heterocycles. The summed E-state index contributed by atoms with van der Waals surface area (Å²) in [7, 11) is 0. The van der Waals surface area contributed by atoms with Crippen LogP contribution in [-0.4, -0.2) is 48.6 Å². The van der Waals surface area contributed by atoms with Gasteiger partial charge in [0, 0.05) is 0 Å². The third-order valence-electron chi connectivity index (χ3n) is 2.79. The van der Waals surface area contributed by atoms with Gasteiger partial charge >= 0.3 is 12.5 Å². The van der Waals surface area contributed by atoms with Gasteiger partial charge in [-0.3, -0.25) is 4.74 Å². The molecule has 23 heavy (non-hydrogen) atoms. The summed E-state index contributed by atoms with van der Waals surface area (Å²) in [6.45, 7) is -0.749. The van der Waals surface area contributed by atoms with Crippen LogP contribution in [0.1, 0.15) is 24.0 Å². The minimum Gasteiger partial charge on any atom is -0.466 e. The molecule has 12 heteroatoms. The average Bonchev–Trinajstić information content (AvgIpc) is 2.92. The summed E-state index contributed by atoms with van der Waals surface area (Å²) >= 11 is 1.07. The number of alkyl halides is 3. The average molecular weight is 357 g/mol. The van der Waals surface area contributed by atoms with Gasteiger partial charge in [-0.05, 0) is 12.8 Å². The maximum atomic E-state index is 11.8. The van der Waals surface area contributed by atoms with Crippen LogP contribution >= 0.6 is 11.3 Å². The van der Waals surface area contributed by atoms with Crippen LogP contribution in [0.25, 0.3) is 0 Å². The minimum atomic E-state index is -4.69. The van der Waals surface area contributed by atoms with E-state index in [9.17, 15) is 18.0 Å². The van der Waals surface area contributed by atoms with E-state index >= 15 is 0 Å². The Bertz CT molecular complexity index is 519. The van der Waals surface area contributed by atoms with Crippen molar-refractivity contribution < 1.29 is 36.9 Å². The summed E-state index contributed by atoms with van der Waals surface area (Å²) in [5.74, 6) is 0. The summed E-state index contributed by atoms with van der Waals surface area (Å²) in [6, 6.07) is 0. The number of rotatable bonds is 6. The minimum absolute atomic E-state index is 0.130. The molecule has 0 bridgehead atoms. The van der Waals surface area contributed by atoms with Crippen molar-refractivity contribution in [1.82, 2.24) is 10.2 Å². The van der Waals surface area contributed by atoms with Crippen molar-refractivity contribution in [2.24, 2.45) is 5.73 Å². The van der Waals surface area contributed by atoms with Gasteiger partial charge in [0.1, 0.15) is 23.8 Å². The molecule has 2 heterocycles. The van der Waals surface area contributed by atoms with Crippen LogP contribution in [0.15, 0.2) is 0 Å². The lowest BCUT2D eigenvalue weighted by Crippen LogP contribution is -2.31. The van der Waals surface area contributed by atoms with E-state index in [1.165, 1.54) is 0 Å². The highest BCUT2D eigenvalue weighted by atomic mass is 32.1. The number of nitrogens with two attached hydrogens (primary N) is 1. The van der Waals surface area contributed by atoms with Crippen LogP contribution in [0.2, 0.25) is 0 Å². The molecule has 0 aromatic carbocycles. The smallest absolute Gasteiger partial charge is 0.466 e. The molecular formula is C11H14F3N3O5S. The molecule has 1 aliphatic rings. The molecule has 1 saturated heterocycles. The molecule has 0 unspecified atom stereocenters. The summed E-state index contributed by atoms with van der Waals surface area (Å²) in [5.41, 5.74) is 4.92. The molecular weight excluding hydrogens is 343 g/mol. The Morgan fingerprint density at radius 2 is 2.13 bits per heavy atom. The van der Waals surface area contributed by atoms with Crippen molar-refractivity contribution in [2.75, 3.05) is 19.8 Å². The number of primary amides is 1. The van der Waals surface area contributed by atoms with E-state index in [4.69, 9.17) is 19.9 Å². The second-order valence-corrected chi connectivity index (χ2v) is 5.48. The van der Waals surface area contributed by atoms with Gasteiger partial charge < -0.3 is 19.9 Å². The lowest BCUT2D eigenvalue weighted by molar-refractivity contribution is -0.325. The van der Waals surface area contributed by atoms with Crippen molar-refractivity contribution in [1.29, 1.82) is 0 Å². The van der Waals surface area contributed by atoms with E-state index < -0.39 is 25.2 Å². The zero-order valence-electron chi connectivity index (χ0n) is 11.7. The van der Waals surface area contributed by atoms with Gasteiger partial charge in [0.2, 0.25) is 0 Å². The number of aromatic nitrogens is 2. The van der Waals surface area contributed by atoms with Gasteiger partial charge in [-0.25, -0.2) is 4.79 Å². The van der Waals surface area contributed by atoms with E-state index in [1.54, 1.807) is 0 Å². The van der Waals surface area contributed by atoms with E-state index in [-0.39, 0.29) is 24.5 Å². The number of carbonyl (C=O) groups excluding carboxylic acids is 1. The fraction of sp³-hybridized carbons (Fsp3) is 0.727. The van der Waals surface area contributed by atoms with Crippen LogP contribution in [0.4, 0.5) is 18.0 Å². The molecule has 1 fully saturated rings. The lowest BCUT2D eigenvalue weighted by atomic mass is 10.1. The first-order chi connectivity index (χ1) is 10.8. The van der Waals surface area contributed by atoms with Crippen molar-refractivity contribution in [2.45, 2.75) is 31.4 Å². The lowest BCUT2D eigenvalue weighted by Gasteiger charge is -2.26. The van der Waals surface area contributed by atoms with Crippen molar-refractivity contribution >= 4 is 17.4 Å². The Balaban J connectivity index is 1.73. The van der Waals surface area contributed by atoms with Gasteiger partial charge in [0.15, 0.2) is 0 Å². The molecule has 2 atom stereocenters. The summed E-state index contributed by atoms with van der Waals surface area (Å²) in [5, 5.41) is 8.26. The molecule has 0 saturated carbocycles. The number of nitrogens with zero attached hydrogens (tertiary/aromatic N) is 2. The van der Waals surface area contributed by atoms with Gasteiger partial charge in [-0.1, -0.05) is 16.4 Å².